The van der Waals surface area contributed by atoms with Gasteiger partial charge < -0.3 is 18.6 Å². The molecule has 0 atom stereocenters. The fraction of sp³-hybridized carbons (Fsp3) is 0.148. The zero-order valence-corrected chi connectivity index (χ0v) is 20.2. The minimum Gasteiger partial charge on any atom is -0.467 e. The third-order valence-corrected chi connectivity index (χ3v) is 5.78. The molecule has 0 aliphatic carbocycles. The van der Waals surface area contributed by atoms with E-state index in [4.69, 9.17) is 18.6 Å². The minimum absolute atomic E-state index is 0.0603. The Hall–Kier alpha value is -5.03. The van der Waals surface area contributed by atoms with E-state index in [1.807, 2.05) is 24.3 Å². The van der Waals surface area contributed by atoms with Crippen molar-refractivity contribution in [3.8, 4) is 40.0 Å². The number of amides is 4. The van der Waals surface area contributed by atoms with Crippen molar-refractivity contribution in [2.24, 2.45) is 0 Å². The molecule has 38 heavy (non-hydrogen) atoms. The first-order chi connectivity index (χ1) is 18.5. The Bertz CT molecular complexity index is 1430. The van der Waals surface area contributed by atoms with Crippen LogP contribution in [-0.4, -0.2) is 47.1 Å². The van der Waals surface area contributed by atoms with E-state index in [1.165, 1.54) is 7.11 Å². The molecule has 4 amide bonds. The number of urea groups is 1. The molecule has 1 saturated heterocycles. The van der Waals surface area contributed by atoms with E-state index in [2.05, 4.69) is 20.6 Å². The number of aromatic nitrogens is 2. The molecule has 0 spiro atoms. The van der Waals surface area contributed by atoms with E-state index in [0.717, 1.165) is 11.1 Å². The summed E-state index contributed by atoms with van der Waals surface area (Å²) in [6, 6.07) is 16.4. The monoisotopic (exact) mass is 514 g/mol. The lowest BCUT2D eigenvalue weighted by molar-refractivity contribution is -0.153. The molecule has 0 saturated carbocycles. The summed E-state index contributed by atoms with van der Waals surface area (Å²) in [7, 11) is 1.43. The number of hydrogen-bond donors (Lipinski definition) is 2. The lowest BCUT2D eigenvalue weighted by Crippen LogP contribution is -2.69. The van der Waals surface area contributed by atoms with Gasteiger partial charge in [-0.15, -0.1) is 0 Å². The number of nitrogens with one attached hydrogen (secondary N) is 2. The molecule has 3 heterocycles. The molecule has 1 aliphatic heterocycles. The number of pyridine rings is 1. The second-order valence-electron chi connectivity index (χ2n) is 8.28. The number of benzene rings is 2. The molecule has 0 unspecified atom stereocenters. The van der Waals surface area contributed by atoms with Crippen molar-refractivity contribution in [3.63, 3.8) is 0 Å². The summed E-state index contributed by atoms with van der Waals surface area (Å²) in [5.74, 6) is 0.0664. The molecule has 2 aromatic heterocycles. The minimum atomic E-state index is -1.95. The zero-order valence-electron chi connectivity index (χ0n) is 20.2. The Morgan fingerprint density at radius 3 is 2.05 bits per heavy atom. The van der Waals surface area contributed by atoms with Gasteiger partial charge in [0.05, 0.1) is 6.61 Å². The highest BCUT2D eigenvalue weighted by Crippen LogP contribution is 2.30. The van der Waals surface area contributed by atoms with Crippen molar-refractivity contribution in [2.45, 2.75) is 12.0 Å². The molecular weight excluding hydrogens is 492 g/mol. The maximum atomic E-state index is 12.5. The summed E-state index contributed by atoms with van der Waals surface area (Å²) < 4.78 is 22.3. The molecule has 11 nitrogen and oxygen atoms in total. The van der Waals surface area contributed by atoms with Crippen LogP contribution in [0.15, 0.2) is 83.7 Å². The molecule has 192 valence electrons. The summed E-state index contributed by atoms with van der Waals surface area (Å²) in [6.45, 7) is 0.0603. The Kier molecular flexibility index (Phi) is 6.83. The normalized spacial score (nSPS) is 14.5. The van der Waals surface area contributed by atoms with E-state index in [-0.39, 0.29) is 18.8 Å². The molecule has 2 aromatic carbocycles. The summed E-state index contributed by atoms with van der Waals surface area (Å²) in [4.78, 5) is 45.1. The van der Waals surface area contributed by atoms with E-state index in [0.29, 0.717) is 23.1 Å². The van der Waals surface area contributed by atoms with Crippen molar-refractivity contribution in [2.75, 3.05) is 13.7 Å². The topological polar surface area (TPSA) is 142 Å². The van der Waals surface area contributed by atoms with Crippen LogP contribution in [-0.2, 0) is 14.3 Å². The number of hydrogen-bond acceptors (Lipinski definition) is 9. The molecule has 2 N–H and O–H groups in total. The largest absolute Gasteiger partial charge is 0.467 e. The quantitative estimate of drug-likeness (QED) is 0.320. The van der Waals surface area contributed by atoms with E-state index >= 15 is 0 Å². The van der Waals surface area contributed by atoms with Gasteiger partial charge >= 0.3 is 6.03 Å². The first-order valence-corrected chi connectivity index (χ1v) is 11.6. The molecule has 5 rings (SSSR count). The molecular formula is C27H22N4O7. The Labute approximate surface area is 216 Å². The van der Waals surface area contributed by atoms with Crippen molar-refractivity contribution < 1.29 is 33.0 Å². The van der Waals surface area contributed by atoms with Crippen LogP contribution in [0.1, 0.15) is 6.42 Å². The SMILES string of the molecule is COCCC1(Oc2ccc(Oc3ccc(-c4nc(-c5ccncc5)co4)cc3)cc2)C(=O)NC(=O)NC1=O. The second-order valence-corrected chi connectivity index (χ2v) is 8.28. The molecule has 0 bridgehead atoms. The zero-order chi connectivity index (χ0) is 26.5. The van der Waals surface area contributed by atoms with Gasteiger partial charge in [-0.25, -0.2) is 9.78 Å². The van der Waals surface area contributed by atoms with Gasteiger partial charge in [-0.05, 0) is 60.7 Å². The number of nitrogens with zero attached hydrogens (tertiary/aromatic N) is 2. The van der Waals surface area contributed by atoms with Crippen molar-refractivity contribution in [1.29, 1.82) is 0 Å². The molecule has 11 heteroatoms. The number of carbonyl (C=O) groups excluding carboxylic acids is 3. The number of ether oxygens (including phenoxy) is 3. The maximum absolute atomic E-state index is 12.5. The summed E-state index contributed by atoms with van der Waals surface area (Å²) in [5, 5.41) is 4.14. The van der Waals surface area contributed by atoms with Crippen molar-refractivity contribution >= 4 is 17.8 Å². The van der Waals surface area contributed by atoms with Crippen molar-refractivity contribution in [1.82, 2.24) is 20.6 Å². The van der Waals surface area contributed by atoms with Gasteiger partial charge in [-0.3, -0.25) is 25.2 Å². The third-order valence-electron chi connectivity index (χ3n) is 5.78. The number of barbiturate groups is 1. The number of oxazole rings is 1. The average molecular weight is 514 g/mol. The predicted octanol–water partition coefficient (Wildman–Crippen LogP) is 3.72. The van der Waals surface area contributed by atoms with Crippen LogP contribution in [0, 0.1) is 0 Å². The van der Waals surface area contributed by atoms with Gasteiger partial charge in [0.1, 0.15) is 29.2 Å². The van der Waals surface area contributed by atoms with E-state index < -0.39 is 23.4 Å². The highest BCUT2D eigenvalue weighted by molar-refractivity contribution is 6.21. The first kappa shape index (κ1) is 24.7. The van der Waals surface area contributed by atoms with Crippen LogP contribution in [0.5, 0.6) is 17.2 Å². The molecule has 1 aliphatic rings. The maximum Gasteiger partial charge on any atom is 0.328 e. The Morgan fingerprint density at radius 2 is 1.42 bits per heavy atom. The Morgan fingerprint density at radius 1 is 0.816 bits per heavy atom. The van der Waals surface area contributed by atoms with Gasteiger partial charge in [0, 0.05) is 37.1 Å². The van der Waals surface area contributed by atoms with Crippen LogP contribution < -0.4 is 20.1 Å². The predicted molar refractivity (Wildman–Crippen MR) is 133 cm³/mol. The van der Waals surface area contributed by atoms with Crippen molar-refractivity contribution in [3.05, 3.63) is 79.3 Å². The average Bonchev–Trinajstić information content (AvgIpc) is 3.42. The fourth-order valence-electron chi connectivity index (χ4n) is 3.80. The van der Waals surface area contributed by atoms with Crippen LogP contribution in [0.2, 0.25) is 0 Å². The summed E-state index contributed by atoms with van der Waals surface area (Å²) >= 11 is 0. The number of methoxy groups -OCH3 is 1. The summed E-state index contributed by atoms with van der Waals surface area (Å²) in [5.41, 5.74) is 0.457. The van der Waals surface area contributed by atoms with Gasteiger partial charge in [-0.1, -0.05) is 0 Å². The Balaban J connectivity index is 1.26. The molecule has 4 aromatic rings. The van der Waals surface area contributed by atoms with Gasteiger partial charge in [0.15, 0.2) is 0 Å². The third kappa shape index (κ3) is 5.08. The standard InChI is InChI=1S/C27H22N4O7/c1-35-15-12-27(24(32)30-26(34)31-25(27)33)38-21-8-6-20(7-9-21)37-19-4-2-18(3-5-19)23-29-22(16-36-23)17-10-13-28-14-11-17/h2-11,13-14,16H,12,15H2,1H3,(H2,30,31,32,33,34). The lowest BCUT2D eigenvalue weighted by Gasteiger charge is -2.34. The highest BCUT2D eigenvalue weighted by Gasteiger charge is 2.52. The number of carbonyl (C=O) groups is 3. The fourth-order valence-corrected chi connectivity index (χ4v) is 3.80. The lowest BCUT2D eigenvalue weighted by atomic mass is 9.95. The van der Waals surface area contributed by atoms with E-state index in [1.54, 1.807) is 55.1 Å². The van der Waals surface area contributed by atoms with Crippen LogP contribution in [0.3, 0.4) is 0 Å². The van der Waals surface area contributed by atoms with Crippen LogP contribution >= 0.6 is 0 Å². The van der Waals surface area contributed by atoms with Gasteiger partial charge in [-0.2, -0.15) is 0 Å². The van der Waals surface area contributed by atoms with Gasteiger partial charge in [0.25, 0.3) is 17.4 Å². The number of imide groups is 2. The molecule has 0 radical (unpaired) electrons. The van der Waals surface area contributed by atoms with Gasteiger partial charge in [0.2, 0.25) is 5.89 Å². The first-order valence-electron chi connectivity index (χ1n) is 11.6. The van der Waals surface area contributed by atoms with E-state index in [9.17, 15) is 14.4 Å². The van der Waals surface area contributed by atoms with Crippen LogP contribution in [0.25, 0.3) is 22.7 Å². The smallest absolute Gasteiger partial charge is 0.328 e. The number of rotatable bonds is 9. The van der Waals surface area contributed by atoms with Crippen LogP contribution in [0.4, 0.5) is 4.79 Å². The highest BCUT2D eigenvalue weighted by atomic mass is 16.5. The molecule has 1 fully saturated rings. The summed E-state index contributed by atoms with van der Waals surface area (Å²) in [6.07, 6.45) is 4.89. The second kappa shape index (κ2) is 10.5.